The van der Waals surface area contributed by atoms with E-state index in [0.717, 1.165) is 11.1 Å². The van der Waals surface area contributed by atoms with E-state index in [9.17, 15) is 19.5 Å². The number of carboxylic acids is 1. The summed E-state index contributed by atoms with van der Waals surface area (Å²) in [5.74, 6) is -0.717. The van der Waals surface area contributed by atoms with E-state index in [0.29, 0.717) is 18.7 Å². The molecule has 2 aliphatic carbocycles. The summed E-state index contributed by atoms with van der Waals surface area (Å²) in [7, 11) is 0. The van der Waals surface area contributed by atoms with E-state index in [1.807, 2.05) is 38.1 Å². The number of fused-ring (bicyclic) bond motifs is 3. The van der Waals surface area contributed by atoms with Crippen molar-refractivity contribution in [3.8, 4) is 11.1 Å². The predicted molar refractivity (Wildman–Crippen MR) is 134 cm³/mol. The second-order valence-corrected chi connectivity index (χ2v) is 11.0. The van der Waals surface area contributed by atoms with Crippen LogP contribution in [0.25, 0.3) is 11.1 Å². The first kappa shape index (κ1) is 23.7. The van der Waals surface area contributed by atoms with E-state index in [-0.39, 0.29) is 41.6 Å². The highest BCUT2D eigenvalue weighted by atomic mass is 32.2. The second kappa shape index (κ2) is 9.57. The van der Waals surface area contributed by atoms with Gasteiger partial charge in [-0.3, -0.25) is 4.79 Å². The third kappa shape index (κ3) is 4.51. The number of nitrogens with zero attached hydrogens (tertiary/aromatic N) is 1. The number of hydrogen-bond donors (Lipinski definition) is 2. The van der Waals surface area contributed by atoms with Gasteiger partial charge in [0.1, 0.15) is 12.6 Å². The Bertz CT molecular complexity index is 1110. The Hall–Kier alpha value is -3.00. The molecule has 1 saturated heterocycles. The summed E-state index contributed by atoms with van der Waals surface area (Å²) in [6.07, 6.45) is 0.158. The van der Waals surface area contributed by atoms with Crippen molar-refractivity contribution in [1.29, 1.82) is 0 Å². The molecule has 1 saturated carbocycles. The molecular formula is C27H30N2O5S. The van der Waals surface area contributed by atoms with Crippen molar-refractivity contribution in [2.45, 2.75) is 37.6 Å². The number of rotatable bonds is 7. The Labute approximate surface area is 209 Å². The van der Waals surface area contributed by atoms with Crippen LogP contribution in [0.4, 0.5) is 4.79 Å². The topological polar surface area (TPSA) is 95.9 Å². The molecule has 0 spiro atoms. The molecule has 2 fully saturated rings. The van der Waals surface area contributed by atoms with Crippen molar-refractivity contribution in [1.82, 2.24) is 10.2 Å². The molecule has 2 aromatic carbocycles. The molecule has 4 atom stereocenters. The van der Waals surface area contributed by atoms with Gasteiger partial charge in [0.2, 0.25) is 5.91 Å². The number of aliphatic carboxylic acids is 1. The van der Waals surface area contributed by atoms with Crippen LogP contribution in [0.1, 0.15) is 37.3 Å². The van der Waals surface area contributed by atoms with Gasteiger partial charge in [-0.1, -0.05) is 62.4 Å². The van der Waals surface area contributed by atoms with E-state index >= 15 is 0 Å². The third-order valence-electron chi connectivity index (χ3n) is 7.24. The molecule has 184 valence electrons. The molecule has 0 radical (unpaired) electrons. The van der Waals surface area contributed by atoms with Crippen LogP contribution in [0.2, 0.25) is 0 Å². The number of benzene rings is 2. The zero-order valence-electron chi connectivity index (χ0n) is 19.8. The molecule has 2 unspecified atom stereocenters. The smallest absolute Gasteiger partial charge is 0.407 e. The highest BCUT2D eigenvalue weighted by molar-refractivity contribution is 8.00. The molecule has 5 rings (SSSR count). The average Bonchev–Trinajstić information content (AvgIpc) is 3.36. The maximum absolute atomic E-state index is 13.1. The average molecular weight is 495 g/mol. The number of carbonyl (C=O) groups excluding carboxylic acids is 2. The minimum Gasteiger partial charge on any atom is -0.480 e. The summed E-state index contributed by atoms with van der Waals surface area (Å²) in [5, 5.41) is 12.2. The van der Waals surface area contributed by atoms with Crippen LogP contribution in [-0.2, 0) is 14.3 Å². The Morgan fingerprint density at radius 3 is 2.31 bits per heavy atom. The number of carbonyl (C=O) groups is 3. The molecule has 1 aliphatic heterocycles. The first-order chi connectivity index (χ1) is 16.9. The van der Waals surface area contributed by atoms with Crippen molar-refractivity contribution in [2.75, 3.05) is 18.9 Å². The Morgan fingerprint density at radius 2 is 1.71 bits per heavy atom. The summed E-state index contributed by atoms with van der Waals surface area (Å²) in [5.41, 5.74) is 4.67. The van der Waals surface area contributed by atoms with Crippen LogP contribution in [0, 0.1) is 17.8 Å². The largest absolute Gasteiger partial charge is 0.480 e. The molecular weight excluding hydrogens is 464 g/mol. The quantitative estimate of drug-likeness (QED) is 0.600. The van der Waals surface area contributed by atoms with Gasteiger partial charge in [0.05, 0.1) is 5.37 Å². The summed E-state index contributed by atoms with van der Waals surface area (Å²) in [6.45, 7) is 4.60. The highest BCUT2D eigenvalue weighted by Gasteiger charge is 2.51. The van der Waals surface area contributed by atoms with Crippen LogP contribution < -0.4 is 5.32 Å². The number of hydrogen-bond acceptors (Lipinski definition) is 5. The van der Waals surface area contributed by atoms with Gasteiger partial charge in [0, 0.05) is 24.1 Å². The van der Waals surface area contributed by atoms with Crippen molar-refractivity contribution in [3.05, 3.63) is 59.7 Å². The number of carboxylic acid groups (broad SMARTS) is 1. The number of ether oxygens (including phenoxy) is 1. The fraction of sp³-hybridized carbons (Fsp3) is 0.444. The van der Waals surface area contributed by atoms with E-state index in [2.05, 4.69) is 29.6 Å². The summed E-state index contributed by atoms with van der Waals surface area (Å²) in [4.78, 5) is 38.8. The van der Waals surface area contributed by atoms with Crippen molar-refractivity contribution < 1.29 is 24.2 Å². The zero-order valence-corrected chi connectivity index (χ0v) is 20.7. The molecule has 3 aliphatic rings. The Kier molecular flexibility index (Phi) is 6.49. The normalized spacial score (nSPS) is 24.7. The Morgan fingerprint density at radius 1 is 1.09 bits per heavy atom. The van der Waals surface area contributed by atoms with Crippen LogP contribution >= 0.6 is 11.8 Å². The van der Waals surface area contributed by atoms with E-state index < -0.39 is 18.1 Å². The minimum atomic E-state index is -0.956. The van der Waals surface area contributed by atoms with Gasteiger partial charge in [-0.15, -0.1) is 11.8 Å². The number of nitrogens with one attached hydrogen (secondary N) is 1. The van der Waals surface area contributed by atoms with Crippen LogP contribution in [0.3, 0.4) is 0 Å². The van der Waals surface area contributed by atoms with E-state index in [4.69, 9.17) is 4.74 Å². The van der Waals surface area contributed by atoms with E-state index in [1.165, 1.54) is 22.9 Å². The third-order valence-corrected chi connectivity index (χ3v) is 8.86. The second-order valence-electron chi connectivity index (χ2n) is 9.88. The lowest BCUT2D eigenvalue weighted by Crippen LogP contribution is -2.48. The van der Waals surface area contributed by atoms with Gasteiger partial charge in [0.25, 0.3) is 0 Å². The maximum Gasteiger partial charge on any atom is 0.407 e. The first-order valence-electron chi connectivity index (χ1n) is 12.1. The van der Waals surface area contributed by atoms with Crippen molar-refractivity contribution >= 4 is 29.7 Å². The molecule has 7 nitrogen and oxygen atoms in total. The Balaban J connectivity index is 1.14. The number of alkyl carbamates (subject to hydrolysis) is 1. The van der Waals surface area contributed by atoms with Crippen molar-refractivity contribution in [3.63, 3.8) is 0 Å². The van der Waals surface area contributed by atoms with Gasteiger partial charge in [-0.2, -0.15) is 0 Å². The monoisotopic (exact) mass is 494 g/mol. The highest BCUT2D eigenvalue weighted by Crippen LogP contribution is 2.45. The van der Waals surface area contributed by atoms with Crippen molar-refractivity contribution in [2.24, 2.45) is 17.8 Å². The molecule has 35 heavy (non-hydrogen) atoms. The fourth-order valence-corrected chi connectivity index (χ4v) is 6.82. The molecule has 2 N–H and O–H groups in total. The summed E-state index contributed by atoms with van der Waals surface area (Å²) >= 11 is 1.53. The first-order valence-corrected chi connectivity index (χ1v) is 13.2. The van der Waals surface area contributed by atoms with Gasteiger partial charge >= 0.3 is 12.1 Å². The lowest BCUT2D eigenvalue weighted by atomic mass is 9.98. The van der Waals surface area contributed by atoms with Gasteiger partial charge in [-0.25, -0.2) is 9.59 Å². The molecule has 2 amide bonds. The summed E-state index contributed by atoms with van der Waals surface area (Å²) in [6, 6.07) is 15.6. The number of thioether (sulfide) groups is 1. The lowest BCUT2D eigenvalue weighted by Gasteiger charge is -2.30. The van der Waals surface area contributed by atoms with Crippen LogP contribution in [0.5, 0.6) is 0 Å². The minimum absolute atomic E-state index is 0.00279. The molecule has 2 aromatic rings. The predicted octanol–water partition coefficient (Wildman–Crippen LogP) is 4.17. The summed E-state index contributed by atoms with van der Waals surface area (Å²) < 4.78 is 5.58. The lowest BCUT2D eigenvalue weighted by molar-refractivity contribution is -0.150. The van der Waals surface area contributed by atoms with Crippen LogP contribution in [-0.4, -0.2) is 58.3 Å². The number of amides is 2. The maximum atomic E-state index is 13.1. The molecule has 0 bridgehead atoms. The fourth-order valence-electron chi connectivity index (χ4n) is 5.34. The van der Waals surface area contributed by atoms with Gasteiger partial charge < -0.3 is 20.1 Å². The molecule has 8 heteroatoms. The van der Waals surface area contributed by atoms with Gasteiger partial charge in [-0.05, 0) is 40.5 Å². The van der Waals surface area contributed by atoms with E-state index in [1.54, 1.807) is 4.90 Å². The SMILES string of the molecule is CC(C)C1SCC(C(=O)O)N1C(=O)[C@H]1C[C@H]1CNC(=O)OCC1c2ccccc2-c2ccccc21. The molecule has 0 aromatic heterocycles. The standard InChI is InChI=1S/C27H30N2O5S/c1-15(2)25-29(23(14-35-25)26(31)32)24(30)21-11-16(21)12-28-27(33)34-13-22-19-9-5-3-7-17(19)18-8-4-6-10-20(18)22/h3-10,15-16,21-23,25H,11-14H2,1-2H3,(H,28,33)(H,31,32)/t16-,21-,23?,25?/m0/s1. The van der Waals surface area contributed by atoms with Crippen LogP contribution in [0.15, 0.2) is 48.5 Å². The molecule has 1 heterocycles. The zero-order chi connectivity index (χ0) is 24.7. The van der Waals surface area contributed by atoms with Gasteiger partial charge in [0.15, 0.2) is 0 Å².